The molecule has 52 valence electrons. The van der Waals surface area contributed by atoms with Gasteiger partial charge in [-0.3, -0.25) is 0 Å². The van der Waals surface area contributed by atoms with E-state index in [4.69, 9.17) is 0 Å². The van der Waals surface area contributed by atoms with Crippen molar-refractivity contribution in [3.05, 3.63) is 0 Å². The lowest BCUT2D eigenvalue weighted by Gasteiger charge is -2.03. The van der Waals surface area contributed by atoms with Crippen LogP contribution < -0.4 is 0 Å². The zero-order valence-electron chi connectivity index (χ0n) is 3.38. The highest BCUT2D eigenvalue weighted by atomic mass is 35.5. The average molecular weight is 189 g/mol. The van der Waals surface area contributed by atoms with Gasteiger partial charge >= 0.3 is 5.38 Å². The number of hydrogen-bond donors (Lipinski definition) is 0. The monoisotopic (exact) mass is 188 g/mol. The summed E-state index contributed by atoms with van der Waals surface area (Å²) in [5, 5.41) is -3.93. The van der Waals surface area contributed by atoms with Gasteiger partial charge in [-0.25, -0.2) is 4.39 Å². The third kappa shape index (κ3) is 4.81. The van der Waals surface area contributed by atoms with Crippen LogP contribution in [0.25, 0.3) is 0 Å². The summed E-state index contributed by atoms with van der Waals surface area (Å²) in [5.41, 5.74) is -2.80. The molecule has 0 nitrogen and oxygen atoms in total. The molecule has 0 aromatic rings. The molecule has 1 unspecified atom stereocenters. The van der Waals surface area contributed by atoms with Crippen molar-refractivity contribution < 1.29 is 13.2 Å². The van der Waals surface area contributed by atoms with Gasteiger partial charge in [-0.1, -0.05) is 11.6 Å². The molecule has 0 rings (SSSR count). The van der Waals surface area contributed by atoms with E-state index in [-0.39, 0.29) is 12.4 Å². The predicted octanol–water partition coefficient (Wildman–Crippen LogP) is 2.77. The van der Waals surface area contributed by atoms with Gasteiger partial charge in [0.2, 0.25) is 0 Å². The molecule has 0 heterocycles. The Morgan fingerprint density at radius 1 is 1.38 bits per heavy atom. The van der Waals surface area contributed by atoms with Gasteiger partial charge in [-0.05, 0) is 11.6 Å². The quantitative estimate of drug-likeness (QED) is 0.556. The van der Waals surface area contributed by atoms with Gasteiger partial charge in [0.05, 0.1) is 0 Å². The van der Waals surface area contributed by atoms with Gasteiger partial charge < -0.3 is 0 Å². The lowest BCUT2D eigenvalue weighted by atomic mass is 10.8. The number of rotatable bonds is 1. The third-order valence-electron chi connectivity index (χ3n) is 0.247. The first-order valence-corrected chi connectivity index (χ1v) is 2.11. The summed E-state index contributed by atoms with van der Waals surface area (Å²) < 4.78 is 33.3. The van der Waals surface area contributed by atoms with Gasteiger partial charge in [-0.2, -0.15) is 8.78 Å². The maximum Gasteiger partial charge on any atom is 0.366 e. The third-order valence-corrected chi connectivity index (χ3v) is 0.825. The molecular formula is C2H2Cl3F3. The molecule has 0 N–H and O–H groups in total. The predicted molar refractivity (Wildman–Crippen MR) is 28.8 cm³/mol. The van der Waals surface area contributed by atoms with E-state index < -0.39 is 11.0 Å². The standard InChI is InChI=1S/C2HCl2F3.ClH/c3-1(5)2(4,6)7;/h1H;1H. The molecule has 0 radical (unpaired) electrons. The van der Waals surface area contributed by atoms with Crippen molar-refractivity contribution in [2.75, 3.05) is 0 Å². The van der Waals surface area contributed by atoms with E-state index in [0.29, 0.717) is 0 Å². The van der Waals surface area contributed by atoms with E-state index in [1.54, 1.807) is 0 Å². The Kier molecular flexibility index (Phi) is 5.21. The fraction of sp³-hybridized carbons (Fsp3) is 1.00. The molecule has 0 fully saturated rings. The van der Waals surface area contributed by atoms with Crippen molar-refractivity contribution >= 4 is 35.6 Å². The normalized spacial score (nSPS) is 14.6. The van der Waals surface area contributed by atoms with Crippen LogP contribution in [0.5, 0.6) is 0 Å². The maximum absolute atomic E-state index is 11.1. The van der Waals surface area contributed by atoms with Crippen molar-refractivity contribution in [3.63, 3.8) is 0 Å². The van der Waals surface area contributed by atoms with Crippen LogP contribution in [0, 0.1) is 0 Å². The molecule has 0 aromatic carbocycles. The van der Waals surface area contributed by atoms with Crippen LogP contribution in [-0.2, 0) is 0 Å². The number of hydrogen-bond acceptors (Lipinski definition) is 0. The molecule has 0 bridgehead atoms. The molecule has 0 aromatic heterocycles. The minimum absolute atomic E-state index is 0. The molecule has 0 aliphatic heterocycles. The second kappa shape index (κ2) is 3.64. The van der Waals surface area contributed by atoms with Crippen LogP contribution in [0.4, 0.5) is 13.2 Å². The van der Waals surface area contributed by atoms with Crippen LogP contribution in [0.2, 0.25) is 0 Å². The van der Waals surface area contributed by atoms with Gasteiger partial charge in [0.25, 0.3) is 5.63 Å². The lowest BCUT2D eigenvalue weighted by Crippen LogP contribution is -2.16. The topological polar surface area (TPSA) is 0 Å². The highest BCUT2D eigenvalue weighted by Crippen LogP contribution is 2.28. The Morgan fingerprint density at radius 3 is 1.50 bits per heavy atom. The average Bonchev–Trinajstić information content (AvgIpc) is 1.31. The molecule has 8 heavy (non-hydrogen) atoms. The first kappa shape index (κ1) is 11.5. The van der Waals surface area contributed by atoms with Gasteiger partial charge in [-0.15, -0.1) is 12.4 Å². The molecule has 0 aliphatic rings. The molecule has 0 saturated heterocycles. The summed E-state index contributed by atoms with van der Waals surface area (Å²) in [6.07, 6.45) is 0. The van der Waals surface area contributed by atoms with E-state index in [1.807, 2.05) is 0 Å². The van der Waals surface area contributed by atoms with Crippen LogP contribution in [0.15, 0.2) is 0 Å². The molecular weight excluding hydrogens is 187 g/mol. The fourth-order valence-corrected chi connectivity index (χ4v) is 0. The maximum atomic E-state index is 11.1. The summed E-state index contributed by atoms with van der Waals surface area (Å²) in [7, 11) is 0. The minimum atomic E-state index is -3.93. The highest BCUT2D eigenvalue weighted by Gasteiger charge is 2.35. The van der Waals surface area contributed by atoms with Crippen molar-refractivity contribution in [2.24, 2.45) is 0 Å². The molecule has 1 atom stereocenters. The SMILES string of the molecule is Cl.FC(Cl)C(F)(F)Cl. The summed E-state index contributed by atoms with van der Waals surface area (Å²) in [5.74, 6) is 0. The van der Waals surface area contributed by atoms with Crippen LogP contribution in [0.3, 0.4) is 0 Å². The van der Waals surface area contributed by atoms with E-state index >= 15 is 0 Å². The Bertz CT molecular complexity index is 58.0. The Hall–Kier alpha value is 0.660. The first-order chi connectivity index (χ1) is 2.94. The van der Waals surface area contributed by atoms with Crippen LogP contribution >= 0.6 is 35.6 Å². The minimum Gasteiger partial charge on any atom is -0.222 e. The Morgan fingerprint density at radius 2 is 1.50 bits per heavy atom. The summed E-state index contributed by atoms with van der Waals surface area (Å²) in [4.78, 5) is 0. The molecule has 0 amide bonds. The van der Waals surface area contributed by atoms with Crippen LogP contribution in [0.1, 0.15) is 0 Å². The molecule has 0 aliphatic carbocycles. The smallest absolute Gasteiger partial charge is 0.222 e. The second-order valence-electron chi connectivity index (χ2n) is 0.842. The van der Waals surface area contributed by atoms with E-state index in [2.05, 4.69) is 23.2 Å². The van der Waals surface area contributed by atoms with Crippen molar-refractivity contribution in [2.45, 2.75) is 11.0 Å². The first-order valence-electron chi connectivity index (χ1n) is 1.29. The molecule has 6 heteroatoms. The fourth-order valence-electron chi connectivity index (χ4n) is 0. The zero-order chi connectivity index (χ0) is 6.08. The van der Waals surface area contributed by atoms with Crippen molar-refractivity contribution in [3.8, 4) is 0 Å². The van der Waals surface area contributed by atoms with E-state index in [9.17, 15) is 13.2 Å². The second-order valence-corrected chi connectivity index (χ2v) is 1.73. The largest absolute Gasteiger partial charge is 0.366 e. The van der Waals surface area contributed by atoms with Crippen LogP contribution in [-0.4, -0.2) is 11.0 Å². The highest BCUT2D eigenvalue weighted by molar-refractivity contribution is 6.30. The van der Waals surface area contributed by atoms with Crippen molar-refractivity contribution in [1.29, 1.82) is 0 Å². The summed E-state index contributed by atoms with van der Waals surface area (Å²) in [6.45, 7) is 0. The molecule has 0 spiro atoms. The van der Waals surface area contributed by atoms with Crippen molar-refractivity contribution in [1.82, 2.24) is 0 Å². The zero-order valence-corrected chi connectivity index (χ0v) is 5.70. The van der Waals surface area contributed by atoms with E-state index in [1.165, 1.54) is 0 Å². The Balaban J connectivity index is 0. The molecule has 0 saturated carbocycles. The van der Waals surface area contributed by atoms with Gasteiger partial charge in [0, 0.05) is 0 Å². The Labute approximate surface area is 60.4 Å². The summed E-state index contributed by atoms with van der Waals surface area (Å²) >= 11 is 8.23. The van der Waals surface area contributed by atoms with E-state index in [0.717, 1.165) is 0 Å². The van der Waals surface area contributed by atoms with Gasteiger partial charge in [0.1, 0.15) is 0 Å². The number of alkyl halides is 5. The number of halogens is 6. The lowest BCUT2D eigenvalue weighted by molar-refractivity contribution is 0.0451. The van der Waals surface area contributed by atoms with Gasteiger partial charge in [0.15, 0.2) is 0 Å². The summed E-state index contributed by atoms with van der Waals surface area (Å²) in [6, 6.07) is 0.